The minimum Gasteiger partial charge on any atom is -0.331 e. The van der Waals surface area contributed by atoms with Gasteiger partial charge in [-0.15, -0.1) is 0 Å². The molecule has 0 radical (unpaired) electrons. The molecule has 0 atom stereocenters. The van der Waals surface area contributed by atoms with E-state index in [2.05, 4.69) is 29.2 Å². The molecule has 24 heavy (non-hydrogen) atoms. The van der Waals surface area contributed by atoms with Crippen molar-refractivity contribution in [3.63, 3.8) is 0 Å². The second-order valence-electron chi connectivity index (χ2n) is 5.83. The van der Waals surface area contributed by atoms with Gasteiger partial charge in [-0.2, -0.15) is 0 Å². The Bertz CT molecular complexity index is 759. The van der Waals surface area contributed by atoms with Gasteiger partial charge in [-0.1, -0.05) is 60.7 Å². The van der Waals surface area contributed by atoms with Gasteiger partial charge in [-0.05, 0) is 30.2 Å². The second kappa shape index (κ2) is 7.09. The number of hydrogen-bond acceptors (Lipinski definition) is 2. The fourth-order valence-corrected chi connectivity index (χ4v) is 2.83. The van der Waals surface area contributed by atoms with Crippen LogP contribution in [0.4, 0.5) is 0 Å². The van der Waals surface area contributed by atoms with E-state index < -0.39 is 0 Å². The third kappa shape index (κ3) is 3.35. The molecule has 0 aliphatic heterocycles. The Kier molecular flexibility index (Phi) is 4.71. The van der Waals surface area contributed by atoms with E-state index in [-0.39, 0.29) is 11.9 Å². The van der Waals surface area contributed by atoms with Crippen LogP contribution in [0.15, 0.2) is 79.0 Å². The van der Waals surface area contributed by atoms with Crippen LogP contribution in [0.1, 0.15) is 33.2 Å². The lowest BCUT2D eigenvalue weighted by Gasteiger charge is -2.29. The molecule has 120 valence electrons. The number of rotatable bonds is 4. The molecule has 0 unspecified atom stereocenters. The number of carbonyl (C=O) groups excluding carboxylic acids is 1. The van der Waals surface area contributed by atoms with Crippen molar-refractivity contribution >= 4 is 5.91 Å². The first-order valence-corrected chi connectivity index (χ1v) is 7.96. The van der Waals surface area contributed by atoms with E-state index in [4.69, 9.17) is 0 Å². The highest BCUT2D eigenvalue weighted by Gasteiger charge is 2.24. The first-order valence-electron chi connectivity index (χ1n) is 7.96. The third-order valence-electron chi connectivity index (χ3n) is 4.10. The number of amides is 1. The Balaban J connectivity index is 1.99. The quantitative estimate of drug-likeness (QED) is 0.721. The molecule has 2 aromatic carbocycles. The molecule has 3 nitrogen and oxygen atoms in total. The number of hydrogen-bond donors (Lipinski definition) is 0. The van der Waals surface area contributed by atoms with E-state index >= 15 is 0 Å². The molecular weight excluding hydrogens is 296 g/mol. The van der Waals surface area contributed by atoms with E-state index in [0.717, 1.165) is 16.8 Å². The maximum Gasteiger partial charge on any atom is 0.255 e. The topological polar surface area (TPSA) is 33.2 Å². The molecule has 0 aliphatic rings. The summed E-state index contributed by atoms with van der Waals surface area (Å²) in [4.78, 5) is 18.9. The van der Waals surface area contributed by atoms with Gasteiger partial charge < -0.3 is 4.90 Å². The third-order valence-corrected chi connectivity index (χ3v) is 4.10. The molecule has 0 saturated carbocycles. The lowest BCUT2D eigenvalue weighted by Crippen LogP contribution is -2.32. The van der Waals surface area contributed by atoms with Crippen molar-refractivity contribution in [3.8, 4) is 0 Å². The fraction of sp³-hybridized carbons (Fsp3) is 0.143. The average Bonchev–Trinajstić information content (AvgIpc) is 2.64. The smallest absolute Gasteiger partial charge is 0.255 e. The molecule has 0 bridgehead atoms. The van der Waals surface area contributed by atoms with Gasteiger partial charge in [0.05, 0.1) is 11.6 Å². The highest BCUT2D eigenvalue weighted by atomic mass is 16.2. The predicted molar refractivity (Wildman–Crippen MR) is 95.8 cm³/mol. The molecule has 0 fully saturated rings. The summed E-state index contributed by atoms with van der Waals surface area (Å²) in [6.07, 6.45) is 1.64. The van der Waals surface area contributed by atoms with E-state index in [1.807, 2.05) is 62.5 Å². The molecule has 3 aromatic rings. The lowest BCUT2D eigenvalue weighted by molar-refractivity contribution is 0.0754. The summed E-state index contributed by atoms with van der Waals surface area (Å²) in [6.45, 7) is 1.91. The van der Waals surface area contributed by atoms with Gasteiger partial charge in [-0.3, -0.25) is 9.78 Å². The molecule has 0 aliphatic carbocycles. The molecule has 3 rings (SSSR count). The zero-order chi connectivity index (χ0) is 16.9. The number of aromatic nitrogens is 1. The summed E-state index contributed by atoms with van der Waals surface area (Å²) in [7, 11) is 1.84. The number of benzene rings is 2. The Hall–Kier alpha value is -2.94. The lowest BCUT2D eigenvalue weighted by atomic mass is 9.97. The maximum absolute atomic E-state index is 12.9. The van der Waals surface area contributed by atoms with Crippen LogP contribution in [0.2, 0.25) is 0 Å². The van der Waals surface area contributed by atoms with Crippen LogP contribution in [-0.2, 0) is 0 Å². The first kappa shape index (κ1) is 15.9. The Morgan fingerprint density at radius 1 is 0.875 bits per heavy atom. The van der Waals surface area contributed by atoms with Crippen LogP contribution in [0.5, 0.6) is 0 Å². The molecule has 1 aromatic heterocycles. The number of pyridine rings is 1. The molecule has 0 spiro atoms. The van der Waals surface area contributed by atoms with Gasteiger partial charge in [0, 0.05) is 18.9 Å². The molecule has 3 heteroatoms. The monoisotopic (exact) mass is 316 g/mol. The van der Waals surface area contributed by atoms with Crippen molar-refractivity contribution in [2.24, 2.45) is 0 Å². The standard InChI is InChI=1S/C21H20N2O/c1-16-13-14-19(15-22-16)21(24)23(2)20(17-9-5-3-6-10-17)18-11-7-4-8-12-18/h3-15,20H,1-2H3. The normalized spacial score (nSPS) is 10.6. The highest BCUT2D eigenvalue weighted by Crippen LogP contribution is 2.28. The maximum atomic E-state index is 12.9. The Labute approximate surface area is 142 Å². The van der Waals surface area contributed by atoms with Crippen molar-refractivity contribution in [3.05, 3.63) is 101 Å². The SMILES string of the molecule is Cc1ccc(C(=O)N(C)C(c2ccccc2)c2ccccc2)cn1. The van der Waals surface area contributed by atoms with Crippen molar-refractivity contribution in [2.75, 3.05) is 7.05 Å². The first-order chi connectivity index (χ1) is 11.7. The molecular formula is C21H20N2O. The molecule has 1 heterocycles. The summed E-state index contributed by atoms with van der Waals surface area (Å²) in [6, 6.07) is 23.7. The molecule has 0 N–H and O–H groups in total. The number of nitrogens with zero attached hydrogens (tertiary/aromatic N) is 2. The fourth-order valence-electron chi connectivity index (χ4n) is 2.83. The summed E-state index contributed by atoms with van der Waals surface area (Å²) >= 11 is 0. The van der Waals surface area contributed by atoms with Crippen LogP contribution in [0.25, 0.3) is 0 Å². The van der Waals surface area contributed by atoms with Crippen LogP contribution in [-0.4, -0.2) is 22.8 Å². The van der Waals surface area contributed by atoms with Gasteiger partial charge in [-0.25, -0.2) is 0 Å². The van der Waals surface area contributed by atoms with E-state index in [0.29, 0.717) is 5.56 Å². The highest BCUT2D eigenvalue weighted by molar-refractivity contribution is 5.94. The van der Waals surface area contributed by atoms with E-state index in [1.54, 1.807) is 11.1 Å². The number of carbonyl (C=O) groups is 1. The Morgan fingerprint density at radius 2 is 1.42 bits per heavy atom. The van der Waals surface area contributed by atoms with Gasteiger partial charge in [0.25, 0.3) is 5.91 Å². The Morgan fingerprint density at radius 3 is 1.88 bits per heavy atom. The van der Waals surface area contributed by atoms with Gasteiger partial charge in [0.2, 0.25) is 0 Å². The molecule has 0 saturated heterocycles. The van der Waals surface area contributed by atoms with Crippen LogP contribution < -0.4 is 0 Å². The number of aryl methyl sites for hydroxylation is 1. The summed E-state index contributed by atoms with van der Waals surface area (Å²) < 4.78 is 0. The van der Waals surface area contributed by atoms with Crippen LogP contribution in [0, 0.1) is 6.92 Å². The summed E-state index contributed by atoms with van der Waals surface area (Å²) in [5.74, 6) is -0.0415. The largest absolute Gasteiger partial charge is 0.331 e. The zero-order valence-electron chi connectivity index (χ0n) is 13.9. The van der Waals surface area contributed by atoms with Crippen molar-refractivity contribution in [1.82, 2.24) is 9.88 Å². The minimum absolute atomic E-state index is 0.0415. The van der Waals surface area contributed by atoms with Crippen LogP contribution >= 0.6 is 0 Å². The van der Waals surface area contributed by atoms with Gasteiger partial charge >= 0.3 is 0 Å². The van der Waals surface area contributed by atoms with Gasteiger partial charge in [0.1, 0.15) is 0 Å². The summed E-state index contributed by atoms with van der Waals surface area (Å²) in [5, 5.41) is 0. The van der Waals surface area contributed by atoms with Crippen molar-refractivity contribution in [2.45, 2.75) is 13.0 Å². The van der Waals surface area contributed by atoms with Crippen molar-refractivity contribution < 1.29 is 4.79 Å². The second-order valence-corrected chi connectivity index (χ2v) is 5.83. The zero-order valence-corrected chi connectivity index (χ0v) is 13.9. The van der Waals surface area contributed by atoms with Crippen LogP contribution in [0.3, 0.4) is 0 Å². The van der Waals surface area contributed by atoms with Crippen molar-refractivity contribution in [1.29, 1.82) is 0 Å². The van der Waals surface area contributed by atoms with Gasteiger partial charge in [0.15, 0.2) is 0 Å². The van der Waals surface area contributed by atoms with E-state index in [1.165, 1.54) is 0 Å². The molecule has 1 amide bonds. The van der Waals surface area contributed by atoms with E-state index in [9.17, 15) is 4.79 Å². The minimum atomic E-state index is -0.138. The summed E-state index contributed by atoms with van der Waals surface area (Å²) in [5.41, 5.74) is 3.66. The predicted octanol–water partition coefficient (Wildman–Crippen LogP) is 4.25. The average molecular weight is 316 g/mol.